The maximum Gasteiger partial charge on any atom is 0.227 e. The molecule has 0 radical (unpaired) electrons. The summed E-state index contributed by atoms with van der Waals surface area (Å²) in [6.07, 6.45) is 3.84. The van der Waals surface area contributed by atoms with Crippen LogP contribution in [-0.4, -0.2) is 48.2 Å². The number of nitrogens with zero attached hydrogens (tertiary/aromatic N) is 1. The van der Waals surface area contributed by atoms with Gasteiger partial charge in [0.2, 0.25) is 5.91 Å². The van der Waals surface area contributed by atoms with Gasteiger partial charge < -0.3 is 15.3 Å². The summed E-state index contributed by atoms with van der Waals surface area (Å²) in [6, 6.07) is 0. The molecule has 2 unspecified atom stereocenters. The SMILES string of the molecule is CC1CNCC1C(=O)N(C)CC1(O)CCCC1. The standard InChI is InChI=1S/C13H24N2O2/c1-10-7-14-8-11(10)12(16)15(2)9-13(17)5-3-4-6-13/h10-11,14,17H,3-9H2,1-2H3. The molecule has 1 aliphatic heterocycles. The molecule has 2 rings (SSSR count). The smallest absolute Gasteiger partial charge is 0.227 e. The Morgan fingerprint density at radius 3 is 2.59 bits per heavy atom. The number of carbonyl (C=O) groups is 1. The molecule has 2 fully saturated rings. The zero-order valence-electron chi connectivity index (χ0n) is 10.9. The van der Waals surface area contributed by atoms with Crippen molar-refractivity contribution in [3.05, 3.63) is 0 Å². The van der Waals surface area contributed by atoms with E-state index in [2.05, 4.69) is 12.2 Å². The Morgan fingerprint density at radius 1 is 1.41 bits per heavy atom. The monoisotopic (exact) mass is 240 g/mol. The van der Waals surface area contributed by atoms with Gasteiger partial charge in [-0.1, -0.05) is 19.8 Å². The molecule has 0 bridgehead atoms. The predicted octanol–water partition coefficient (Wildman–Crippen LogP) is 0.605. The first-order chi connectivity index (χ1) is 8.02. The molecule has 1 aliphatic carbocycles. The Bertz CT molecular complexity index is 287. The second-order valence-electron chi connectivity index (χ2n) is 5.87. The first-order valence-corrected chi connectivity index (χ1v) is 6.70. The highest BCUT2D eigenvalue weighted by Gasteiger charge is 2.37. The maximum absolute atomic E-state index is 12.3. The molecular weight excluding hydrogens is 216 g/mol. The van der Waals surface area contributed by atoms with Gasteiger partial charge in [-0.3, -0.25) is 4.79 Å². The van der Waals surface area contributed by atoms with Crippen LogP contribution >= 0.6 is 0 Å². The van der Waals surface area contributed by atoms with Crippen LogP contribution in [0.5, 0.6) is 0 Å². The largest absolute Gasteiger partial charge is 0.388 e. The Labute approximate surface area is 103 Å². The fourth-order valence-corrected chi connectivity index (χ4v) is 3.13. The number of likely N-dealkylation sites (N-methyl/N-ethyl adjacent to an activating group) is 1. The molecule has 17 heavy (non-hydrogen) atoms. The molecule has 0 aromatic rings. The summed E-state index contributed by atoms with van der Waals surface area (Å²) >= 11 is 0. The van der Waals surface area contributed by atoms with Crippen LogP contribution in [0.4, 0.5) is 0 Å². The molecule has 4 heteroatoms. The highest BCUT2D eigenvalue weighted by atomic mass is 16.3. The Balaban J connectivity index is 1.90. The minimum atomic E-state index is -0.625. The summed E-state index contributed by atoms with van der Waals surface area (Å²) in [6.45, 7) is 4.31. The predicted molar refractivity (Wildman–Crippen MR) is 66.6 cm³/mol. The fraction of sp³-hybridized carbons (Fsp3) is 0.923. The maximum atomic E-state index is 12.3. The van der Waals surface area contributed by atoms with Gasteiger partial charge in [-0.2, -0.15) is 0 Å². The third-order valence-electron chi connectivity index (χ3n) is 4.28. The molecule has 0 aromatic carbocycles. The van der Waals surface area contributed by atoms with E-state index in [0.29, 0.717) is 12.5 Å². The first kappa shape index (κ1) is 12.8. The minimum absolute atomic E-state index is 0.0880. The molecule has 98 valence electrons. The highest BCUT2D eigenvalue weighted by molar-refractivity contribution is 5.79. The zero-order chi connectivity index (χ0) is 12.5. The lowest BCUT2D eigenvalue weighted by molar-refractivity contribution is -0.137. The van der Waals surface area contributed by atoms with Gasteiger partial charge in [-0.25, -0.2) is 0 Å². The molecule has 0 aromatic heterocycles. The van der Waals surface area contributed by atoms with Gasteiger partial charge in [0.25, 0.3) is 0 Å². The summed E-state index contributed by atoms with van der Waals surface area (Å²) < 4.78 is 0. The second kappa shape index (κ2) is 4.94. The Hall–Kier alpha value is -0.610. The van der Waals surface area contributed by atoms with Gasteiger partial charge in [0, 0.05) is 20.1 Å². The molecule has 0 spiro atoms. The van der Waals surface area contributed by atoms with E-state index in [4.69, 9.17) is 0 Å². The summed E-state index contributed by atoms with van der Waals surface area (Å²) in [5, 5.41) is 13.6. The molecular formula is C13H24N2O2. The Morgan fingerprint density at radius 2 is 2.06 bits per heavy atom. The molecule has 2 atom stereocenters. The number of nitrogens with one attached hydrogen (secondary N) is 1. The van der Waals surface area contributed by atoms with Gasteiger partial charge >= 0.3 is 0 Å². The van der Waals surface area contributed by atoms with Crippen molar-refractivity contribution >= 4 is 5.91 Å². The number of rotatable bonds is 3. The van der Waals surface area contributed by atoms with Gasteiger partial charge in [-0.05, 0) is 25.3 Å². The number of amides is 1. The van der Waals surface area contributed by atoms with Gasteiger partial charge in [-0.15, -0.1) is 0 Å². The highest BCUT2D eigenvalue weighted by Crippen LogP contribution is 2.30. The number of carbonyl (C=O) groups excluding carboxylic acids is 1. The second-order valence-corrected chi connectivity index (χ2v) is 5.87. The van der Waals surface area contributed by atoms with E-state index in [-0.39, 0.29) is 11.8 Å². The van der Waals surface area contributed by atoms with E-state index in [1.54, 1.807) is 4.90 Å². The third kappa shape index (κ3) is 2.80. The topological polar surface area (TPSA) is 52.6 Å². The fourth-order valence-electron chi connectivity index (χ4n) is 3.13. The average Bonchev–Trinajstić information content (AvgIpc) is 2.86. The van der Waals surface area contributed by atoms with Crippen molar-refractivity contribution in [1.29, 1.82) is 0 Å². The van der Waals surface area contributed by atoms with Crippen molar-refractivity contribution in [3.8, 4) is 0 Å². The molecule has 1 amide bonds. The van der Waals surface area contributed by atoms with E-state index in [1.807, 2.05) is 7.05 Å². The molecule has 1 saturated heterocycles. The van der Waals surface area contributed by atoms with Crippen LogP contribution in [0.1, 0.15) is 32.6 Å². The van der Waals surface area contributed by atoms with Crippen LogP contribution in [0.25, 0.3) is 0 Å². The lowest BCUT2D eigenvalue weighted by Crippen LogP contribution is -2.45. The van der Waals surface area contributed by atoms with E-state index in [0.717, 1.165) is 38.8 Å². The van der Waals surface area contributed by atoms with Crippen molar-refractivity contribution in [1.82, 2.24) is 10.2 Å². The molecule has 4 nitrogen and oxygen atoms in total. The number of hydrogen-bond acceptors (Lipinski definition) is 3. The summed E-state index contributed by atoms with van der Waals surface area (Å²) in [7, 11) is 1.82. The van der Waals surface area contributed by atoms with Crippen molar-refractivity contribution in [2.75, 3.05) is 26.7 Å². The van der Waals surface area contributed by atoms with E-state index in [9.17, 15) is 9.90 Å². The van der Waals surface area contributed by atoms with Crippen LogP contribution in [0.15, 0.2) is 0 Å². The zero-order valence-corrected chi connectivity index (χ0v) is 10.9. The lowest BCUT2D eigenvalue weighted by atomic mass is 9.95. The first-order valence-electron chi connectivity index (χ1n) is 6.70. The number of aliphatic hydroxyl groups is 1. The average molecular weight is 240 g/mol. The minimum Gasteiger partial charge on any atom is -0.388 e. The van der Waals surface area contributed by atoms with Crippen LogP contribution in [-0.2, 0) is 4.79 Å². The van der Waals surface area contributed by atoms with Crippen LogP contribution in [0, 0.1) is 11.8 Å². The van der Waals surface area contributed by atoms with Gasteiger partial charge in [0.05, 0.1) is 11.5 Å². The molecule has 1 heterocycles. The number of hydrogen-bond donors (Lipinski definition) is 2. The molecule has 1 saturated carbocycles. The molecule has 2 N–H and O–H groups in total. The van der Waals surface area contributed by atoms with Crippen LogP contribution in [0.2, 0.25) is 0 Å². The van der Waals surface area contributed by atoms with Crippen LogP contribution < -0.4 is 5.32 Å². The van der Waals surface area contributed by atoms with E-state index >= 15 is 0 Å². The van der Waals surface area contributed by atoms with Gasteiger partial charge in [0.1, 0.15) is 0 Å². The van der Waals surface area contributed by atoms with Crippen molar-refractivity contribution in [3.63, 3.8) is 0 Å². The van der Waals surface area contributed by atoms with Crippen molar-refractivity contribution in [2.45, 2.75) is 38.2 Å². The normalized spacial score (nSPS) is 31.7. The molecule has 2 aliphatic rings. The lowest BCUT2D eigenvalue weighted by Gasteiger charge is -2.30. The Kier molecular flexibility index (Phi) is 3.73. The summed E-state index contributed by atoms with van der Waals surface area (Å²) in [4.78, 5) is 14.0. The summed E-state index contributed by atoms with van der Waals surface area (Å²) in [5.41, 5.74) is -0.625. The van der Waals surface area contributed by atoms with Crippen molar-refractivity contribution in [2.24, 2.45) is 11.8 Å². The third-order valence-corrected chi connectivity index (χ3v) is 4.28. The quantitative estimate of drug-likeness (QED) is 0.760. The van der Waals surface area contributed by atoms with Gasteiger partial charge in [0.15, 0.2) is 0 Å². The van der Waals surface area contributed by atoms with E-state index < -0.39 is 5.60 Å². The van der Waals surface area contributed by atoms with Crippen molar-refractivity contribution < 1.29 is 9.90 Å². The summed E-state index contributed by atoms with van der Waals surface area (Å²) in [5.74, 6) is 0.677. The van der Waals surface area contributed by atoms with E-state index in [1.165, 1.54) is 0 Å². The van der Waals surface area contributed by atoms with Crippen LogP contribution in [0.3, 0.4) is 0 Å².